The Labute approximate surface area is 131 Å². The highest BCUT2D eigenvalue weighted by atomic mass is 32.2. The molecule has 3 aromatic rings. The average Bonchev–Trinajstić information content (AvgIpc) is 2.95. The Kier molecular flexibility index (Phi) is 3.97. The minimum Gasteiger partial charge on any atom is -0.341 e. The standard InChI is InChI=1S/C15H15N5OS/c1-16-15(21)18-13-9-20-14(17-13)7-6-12(19-20)10-4-3-5-11(8-10)22-2/h3-9H,1-2H3,(H2,16,18,21). The van der Waals surface area contributed by atoms with E-state index in [4.69, 9.17) is 0 Å². The van der Waals surface area contributed by atoms with Gasteiger partial charge < -0.3 is 5.32 Å². The van der Waals surface area contributed by atoms with E-state index in [2.05, 4.69) is 32.8 Å². The number of amides is 2. The maximum atomic E-state index is 11.3. The van der Waals surface area contributed by atoms with Crippen LogP contribution in [-0.2, 0) is 0 Å². The van der Waals surface area contributed by atoms with E-state index in [1.165, 1.54) is 4.90 Å². The van der Waals surface area contributed by atoms with Gasteiger partial charge in [0.1, 0.15) is 0 Å². The Morgan fingerprint density at radius 1 is 1.27 bits per heavy atom. The number of carbonyl (C=O) groups excluding carboxylic acids is 1. The molecule has 2 amide bonds. The molecule has 0 aliphatic heterocycles. The topological polar surface area (TPSA) is 71.3 Å². The summed E-state index contributed by atoms with van der Waals surface area (Å²) in [5.74, 6) is 0.460. The van der Waals surface area contributed by atoms with Crippen molar-refractivity contribution in [2.75, 3.05) is 18.6 Å². The first kappa shape index (κ1) is 14.4. The van der Waals surface area contributed by atoms with Gasteiger partial charge in [0.25, 0.3) is 0 Å². The van der Waals surface area contributed by atoms with Gasteiger partial charge >= 0.3 is 6.03 Å². The monoisotopic (exact) mass is 313 g/mol. The van der Waals surface area contributed by atoms with Gasteiger partial charge in [0, 0.05) is 17.5 Å². The molecule has 0 fully saturated rings. The van der Waals surface area contributed by atoms with Crippen LogP contribution in [0.5, 0.6) is 0 Å². The molecule has 22 heavy (non-hydrogen) atoms. The lowest BCUT2D eigenvalue weighted by atomic mass is 10.1. The summed E-state index contributed by atoms with van der Waals surface area (Å²) >= 11 is 1.69. The van der Waals surface area contributed by atoms with Gasteiger partial charge in [-0.05, 0) is 30.5 Å². The first-order valence-corrected chi connectivity index (χ1v) is 7.91. The first-order valence-electron chi connectivity index (χ1n) is 6.69. The SMILES string of the molecule is CNC(=O)Nc1cn2nc(-c3cccc(SC)c3)ccc2n1. The van der Waals surface area contributed by atoms with Crippen LogP contribution in [0.2, 0.25) is 0 Å². The summed E-state index contributed by atoms with van der Waals surface area (Å²) in [6, 6.07) is 11.7. The minimum atomic E-state index is -0.309. The van der Waals surface area contributed by atoms with E-state index in [9.17, 15) is 4.79 Å². The molecule has 0 aliphatic carbocycles. The molecule has 0 saturated carbocycles. The van der Waals surface area contributed by atoms with Gasteiger partial charge in [0.05, 0.1) is 11.9 Å². The van der Waals surface area contributed by atoms with Crippen LogP contribution in [0.1, 0.15) is 0 Å². The number of aromatic nitrogens is 3. The maximum Gasteiger partial charge on any atom is 0.320 e. The Hall–Kier alpha value is -2.54. The van der Waals surface area contributed by atoms with E-state index in [0.29, 0.717) is 11.5 Å². The van der Waals surface area contributed by atoms with E-state index >= 15 is 0 Å². The van der Waals surface area contributed by atoms with Gasteiger partial charge in [-0.3, -0.25) is 5.32 Å². The van der Waals surface area contributed by atoms with E-state index in [1.54, 1.807) is 29.5 Å². The molecule has 112 valence electrons. The van der Waals surface area contributed by atoms with Gasteiger partial charge in [-0.1, -0.05) is 12.1 Å². The van der Waals surface area contributed by atoms with Crippen LogP contribution >= 0.6 is 11.8 Å². The number of fused-ring (bicyclic) bond motifs is 1. The number of hydrogen-bond acceptors (Lipinski definition) is 4. The van der Waals surface area contributed by atoms with Crippen LogP contribution in [0.3, 0.4) is 0 Å². The van der Waals surface area contributed by atoms with Crippen molar-refractivity contribution in [3.63, 3.8) is 0 Å². The fraction of sp³-hybridized carbons (Fsp3) is 0.133. The average molecular weight is 313 g/mol. The second-order valence-corrected chi connectivity index (χ2v) is 5.46. The third-order valence-electron chi connectivity index (χ3n) is 3.15. The molecule has 3 rings (SSSR count). The summed E-state index contributed by atoms with van der Waals surface area (Å²) in [6.07, 6.45) is 3.73. The van der Waals surface area contributed by atoms with Gasteiger partial charge in [0.2, 0.25) is 0 Å². The predicted octanol–water partition coefficient (Wildman–Crippen LogP) is 2.87. The molecule has 0 unspecified atom stereocenters. The molecule has 0 spiro atoms. The smallest absolute Gasteiger partial charge is 0.320 e. The number of nitrogens with one attached hydrogen (secondary N) is 2. The number of urea groups is 1. The van der Waals surface area contributed by atoms with E-state index in [-0.39, 0.29) is 6.03 Å². The highest BCUT2D eigenvalue weighted by Gasteiger charge is 2.07. The van der Waals surface area contributed by atoms with Crippen LogP contribution in [0.4, 0.5) is 10.6 Å². The van der Waals surface area contributed by atoms with Crippen molar-refractivity contribution in [1.29, 1.82) is 0 Å². The zero-order valence-corrected chi connectivity index (χ0v) is 13.0. The third-order valence-corrected chi connectivity index (χ3v) is 3.88. The summed E-state index contributed by atoms with van der Waals surface area (Å²) in [4.78, 5) is 16.8. The molecule has 2 aromatic heterocycles. The number of anilines is 1. The van der Waals surface area contributed by atoms with E-state index in [0.717, 1.165) is 11.3 Å². The van der Waals surface area contributed by atoms with Gasteiger partial charge in [-0.25, -0.2) is 14.3 Å². The summed E-state index contributed by atoms with van der Waals surface area (Å²) in [6.45, 7) is 0. The lowest BCUT2D eigenvalue weighted by Crippen LogP contribution is -2.24. The maximum absolute atomic E-state index is 11.3. The third kappa shape index (κ3) is 2.89. The molecule has 7 heteroatoms. The van der Waals surface area contributed by atoms with Crippen LogP contribution in [0.25, 0.3) is 16.9 Å². The molecular weight excluding hydrogens is 298 g/mol. The van der Waals surface area contributed by atoms with Crippen molar-refractivity contribution in [2.24, 2.45) is 0 Å². The number of hydrogen-bond donors (Lipinski definition) is 2. The number of carbonyl (C=O) groups is 1. The fourth-order valence-electron chi connectivity index (χ4n) is 2.06. The summed E-state index contributed by atoms with van der Waals surface area (Å²) in [5.41, 5.74) is 2.58. The predicted molar refractivity (Wildman–Crippen MR) is 88.3 cm³/mol. The number of imidazole rings is 1. The van der Waals surface area contributed by atoms with Gasteiger partial charge in [-0.15, -0.1) is 11.8 Å². The minimum absolute atomic E-state index is 0.309. The molecule has 0 saturated heterocycles. The normalized spacial score (nSPS) is 10.6. The van der Waals surface area contributed by atoms with Crippen LogP contribution < -0.4 is 10.6 Å². The number of benzene rings is 1. The Bertz CT molecular complexity index is 830. The first-order chi connectivity index (χ1) is 10.7. The molecule has 6 nitrogen and oxygen atoms in total. The fourth-order valence-corrected chi connectivity index (χ4v) is 2.52. The van der Waals surface area contributed by atoms with Crippen LogP contribution in [0.15, 0.2) is 47.5 Å². The second kappa shape index (κ2) is 6.07. The number of nitrogens with zero attached hydrogens (tertiary/aromatic N) is 3. The molecule has 2 N–H and O–H groups in total. The molecule has 0 aliphatic rings. The highest BCUT2D eigenvalue weighted by Crippen LogP contribution is 2.23. The van der Waals surface area contributed by atoms with Crippen molar-refractivity contribution in [3.8, 4) is 11.3 Å². The van der Waals surface area contributed by atoms with Crippen molar-refractivity contribution in [3.05, 3.63) is 42.6 Å². The molecule has 1 aromatic carbocycles. The van der Waals surface area contributed by atoms with Crippen LogP contribution in [0, 0.1) is 0 Å². The lowest BCUT2D eigenvalue weighted by molar-refractivity contribution is 0.254. The lowest BCUT2D eigenvalue weighted by Gasteiger charge is -2.03. The van der Waals surface area contributed by atoms with Gasteiger partial charge in [-0.2, -0.15) is 5.10 Å². The van der Waals surface area contributed by atoms with Crippen LogP contribution in [-0.4, -0.2) is 33.9 Å². The Morgan fingerprint density at radius 2 is 2.14 bits per heavy atom. The van der Waals surface area contributed by atoms with E-state index < -0.39 is 0 Å². The Morgan fingerprint density at radius 3 is 2.91 bits per heavy atom. The molecule has 0 radical (unpaired) electrons. The van der Waals surface area contributed by atoms with Crippen molar-refractivity contribution >= 4 is 29.3 Å². The highest BCUT2D eigenvalue weighted by molar-refractivity contribution is 7.98. The molecular formula is C15H15N5OS. The van der Waals surface area contributed by atoms with E-state index in [1.807, 2.05) is 30.5 Å². The number of thioether (sulfide) groups is 1. The number of rotatable bonds is 3. The second-order valence-electron chi connectivity index (χ2n) is 4.58. The summed E-state index contributed by atoms with van der Waals surface area (Å²) in [5, 5.41) is 9.67. The molecule has 0 bridgehead atoms. The quantitative estimate of drug-likeness (QED) is 0.729. The largest absolute Gasteiger partial charge is 0.341 e. The van der Waals surface area contributed by atoms with Crippen molar-refractivity contribution in [2.45, 2.75) is 4.90 Å². The van der Waals surface area contributed by atoms with Crippen molar-refractivity contribution in [1.82, 2.24) is 19.9 Å². The molecule has 2 heterocycles. The summed E-state index contributed by atoms with van der Waals surface area (Å²) in [7, 11) is 1.56. The zero-order valence-electron chi connectivity index (χ0n) is 12.2. The van der Waals surface area contributed by atoms with Crippen molar-refractivity contribution < 1.29 is 4.79 Å². The van der Waals surface area contributed by atoms with Gasteiger partial charge in [0.15, 0.2) is 11.5 Å². The zero-order chi connectivity index (χ0) is 15.5. The molecule has 0 atom stereocenters. The summed E-state index contributed by atoms with van der Waals surface area (Å²) < 4.78 is 1.66. The Balaban J connectivity index is 1.96.